The molecule has 4 heteroatoms. The van der Waals surface area contributed by atoms with Gasteiger partial charge in [0.2, 0.25) is 5.78 Å². The van der Waals surface area contributed by atoms with Gasteiger partial charge < -0.3 is 14.2 Å². The lowest BCUT2D eigenvalue weighted by atomic mass is 10.1. The molecule has 0 N–H and O–H groups in total. The number of carbonyl (C=O) groups excluding carboxylic acids is 1. The standard InChI is InChI=1S/C26H22O4/c1-3-18-5-7-20(8-6-18)17-29-22-13-14-23-24(16-22)30-25(26(23)27)15-19-9-11-21(12-10-19)28-4-2/h3,5-16H,1,4,17H2,2H3. The summed E-state index contributed by atoms with van der Waals surface area (Å²) in [5.74, 6) is 2.12. The molecule has 0 fully saturated rings. The highest BCUT2D eigenvalue weighted by molar-refractivity contribution is 6.14. The van der Waals surface area contributed by atoms with Crippen LogP contribution in [0.3, 0.4) is 0 Å². The molecule has 0 unspecified atom stereocenters. The van der Waals surface area contributed by atoms with Gasteiger partial charge in [-0.15, -0.1) is 0 Å². The number of fused-ring (bicyclic) bond motifs is 1. The van der Waals surface area contributed by atoms with Gasteiger partial charge in [0.15, 0.2) is 5.76 Å². The van der Waals surface area contributed by atoms with Crippen molar-refractivity contribution in [2.75, 3.05) is 6.61 Å². The number of hydrogen-bond donors (Lipinski definition) is 0. The SMILES string of the molecule is C=Cc1ccc(COc2ccc3c(c2)OC(=Cc2ccc(OCC)cc2)C3=O)cc1. The van der Waals surface area contributed by atoms with Gasteiger partial charge in [0.05, 0.1) is 12.2 Å². The molecule has 0 bridgehead atoms. The summed E-state index contributed by atoms with van der Waals surface area (Å²) < 4.78 is 17.1. The molecule has 1 aliphatic heterocycles. The molecule has 30 heavy (non-hydrogen) atoms. The zero-order valence-corrected chi connectivity index (χ0v) is 16.8. The van der Waals surface area contributed by atoms with Crippen molar-refractivity contribution in [1.29, 1.82) is 0 Å². The molecular formula is C26H22O4. The Kier molecular flexibility index (Phi) is 5.66. The second-order valence-corrected chi connectivity index (χ2v) is 6.83. The largest absolute Gasteiger partial charge is 0.494 e. The zero-order chi connectivity index (χ0) is 20.9. The topological polar surface area (TPSA) is 44.8 Å². The summed E-state index contributed by atoms with van der Waals surface area (Å²) in [7, 11) is 0. The van der Waals surface area contributed by atoms with Crippen molar-refractivity contribution >= 4 is 17.9 Å². The smallest absolute Gasteiger partial charge is 0.231 e. The lowest BCUT2D eigenvalue weighted by Gasteiger charge is -2.07. The van der Waals surface area contributed by atoms with Crippen molar-refractivity contribution in [3.63, 3.8) is 0 Å². The zero-order valence-electron chi connectivity index (χ0n) is 16.8. The Labute approximate surface area is 176 Å². The molecule has 0 aliphatic carbocycles. The molecule has 1 aliphatic rings. The normalized spacial score (nSPS) is 13.6. The maximum absolute atomic E-state index is 12.7. The molecule has 4 nitrogen and oxygen atoms in total. The summed E-state index contributed by atoms with van der Waals surface area (Å²) in [6.07, 6.45) is 3.54. The van der Waals surface area contributed by atoms with E-state index in [4.69, 9.17) is 14.2 Å². The number of allylic oxidation sites excluding steroid dienone is 1. The van der Waals surface area contributed by atoms with Crippen LogP contribution in [-0.2, 0) is 6.61 Å². The van der Waals surface area contributed by atoms with E-state index in [-0.39, 0.29) is 5.78 Å². The fraction of sp³-hybridized carbons (Fsp3) is 0.115. The molecule has 1 heterocycles. The number of ketones is 1. The predicted molar refractivity (Wildman–Crippen MR) is 118 cm³/mol. The van der Waals surface area contributed by atoms with Crippen LogP contribution < -0.4 is 14.2 Å². The fourth-order valence-electron chi connectivity index (χ4n) is 3.15. The van der Waals surface area contributed by atoms with E-state index >= 15 is 0 Å². The molecular weight excluding hydrogens is 376 g/mol. The van der Waals surface area contributed by atoms with Crippen molar-refractivity contribution in [3.05, 3.63) is 101 Å². The van der Waals surface area contributed by atoms with Crippen LogP contribution in [0.15, 0.2) is 79.1 Å². The molecule has 3 aromatic rings. The minimum atomic E-state index is -0.134. The fourth-order valence-corrected chi connectivity index (χ4v) is 3.15. The van der Waals surface area contributed by atoms with E-state index in [1.165, 1.54) is 0 Å². The second kappa shape index (κ2) is 8.70. The first-order valence-electron chi connectivity index (χ1n) is 9.81. The number of Topliss-reactive ketones (excluding diaryl/α,β-unsaturated/α-hetero) is 1. The highest BCUT2D eigenvalue weighted by Crippen LogP contribution is 2.35. The molecule has 0 radical (unpaired) electrons. The van der Waals surface area contributed by atoms with Crippen molar-refractivity contribution in [1.82, 2.24) is 0 Å². The molecule has 0 amide bonds. The summed E-state index contributed by atoms with van der Waals surface area (Å²) in [6.45, 7) is 6.74. The molecule has 4 rings (SSSR count). The monoisotopic (exact) mass is 398 g/mol. The average molecular weight is 398 g/mol. The van der Waals surface area contributed by atoms with Crippen LogP contribution in [-0.4, -0.2) is 12.4 Å². The van der Waals surface area contributed by atoms with Gasteiger partial charge in [-0.1, -0.05) is 49.1 Å². The van der Waals surface area contributed by atoms with Crippen LogP contribution >= 0.6 is 0 Å². The lowest BCUT2D eigenvalue weighted by molar-refractivity contribution is 0.101. The van der Waals surface area contributed by atoms with Gasteiger partial charge >= 0.3 is 0 Å². The summed E-state index contributed by atoms with van der Waals surface area (Å²) >= 11 is 0. The van der Waals surface area contributed by atoms with Crippen LogP contribution in [0.5, 0.6) is 17.2 Å². The predicted octanol–water partition coefficient (Wildman–Crippen LogP) is 5.92. The van der Waals surface area contributed by atoms with Crippen LogP contribution in [0.1, 0.15) is 34.0 Å². The van der Waals surface area contributed by atoms with E-state index in [0.29, 0.717) is 36.0 Å². The first kappa shape index (κ1) is 19.5. The molecule has 0 aromatic heterocycles. The molecule has 0 saturated heterocycles. The van der Waals surface area contributed by atoms with E-state index in [1.54, 1.807) is 30.4 Å². The summed E-state index contributed by atoms with van der Waals surface area (Å²) in [6, 6.07) is 20.8. The second-order valence-electron chi connectivity index (χ2n) is 6.83. The maximum Gasteiger partial charge on any atom is 0.231 e. The van der Waals surface area contributed by atoms with Crippen molar-refractivity contribution in [3.8, 4) is 17.2 Å². The third kappa shape index (κ3) is 4.28. The van der Waals surface area contributed by atoms with E-state index < -0.39 is 0 Å². The Morgan fingerprint density at radius 1 is 0.900 bits per heavy atom. The van der Waals surface area contributed by atoms with Crippen LogP contribution in [0.2, 0.25) is 0 Å². The minimum Gasteiger partial charge on any atom is -0.494 e. The van der Waals surface area contributed by atoms with E-state index in [2.05, 4.69) is 6.58 Å². The third-order valence-corrected chi connectivity index (χ3v) is 4.75. The molecule has 0 spiro atoms. The Bertz CT molecular complexity index is 1090. The van der Waals surface area contributed by atoms with Crippen LogP contribution in [0.25, 0.3) is 12.2 Å². The number of benzene rings is 3. The molecule has 3 aromatic carbocycles. The van der Waals surface area contributed by atoms with Crippen molar-refractivity contribution < 1.29 is 19.0 Å². The highest BCUT2D eigenvalue weighted by atomic mass is 16.5. The Balaban J connectivity index is 1.45. The number of ether oxygens (including phenoxy) is 3. The lowest BCUT2D eigenvalue weighted by Crippen LogP contribution is -1.98. The quantitative estimate of drug-likeness (QED) is 0.463. The average Bonchev–Trinajstić information content (AvgIpc) is 3.09. The van der Waals surface area contributed by atoms with Gasteiger partial charge in [0.1, 0.15) is 23.9 Å². The van der Waals surface area contributed by atoms with Gasteiger partial charge in [0.25, 0.3) is 0 Å². The van der Waals surface area contributed by atoms with E-state index in [0.717, 1.165) is 22.4 Å². The summed E-state index contributed by atoms with van der Waals surface area (Å²) in [4.78, 5) is 12.7. The Hall–Kier alpha value is -3.79. The third-order valence-electron chi connectivity index (χ3n) is 4.75. The van der Waals surface area contributed by atoms with Gasteiger partial charge in [-0.25, -0.2) is 0 Å². The number of carbonyl (C=O) groups is 1. The minimum absolute atomic E-state index is 0.134. The van der Waals surface area contributed by atoms with Gasteiger partial charge in [-0.2, -0.15) is 0 Å². The van der Waals surface area contributed by atoms with Crippen LogP contribution in [0.4, 0.5) is 0 Å². The Morgan fingerprint density at radius 3 is 2.30 bits per heavy atom. The number of hydrogen-bond acceptors (Lipinski definition) is 4. The Morgan fingerprint density at radius 2 is 1.60 bits per heavy atom. The van der Waals surface area contributed by atoms with Crippen LogP contribution in [0, 0.1) is 0 Å². The van der Waals surface area contributed by atoms with Gasteiger partial charge in [-0.3, -0.25) is 4.79 Å². The highest BCUT2D eigenvalue weighted by Gasteiger charge is 2.27. The number of rotatable bonds is 7. The van der Waals surface area contributed by atoms with E-state index in [9.17, 15) is 4.79 Å². The van der Waals surface area contributed by atoms with Gasteiger partial charge in [0, 0.05) is 6.07 Å². The molecule has 150 valence electrons. The summed E-state index contributed by atoms with van der Waals surface area (Å²) in [5, 5.41) is 0. The molecule has 0 saturated carbocycles. The summed E-state index contributed by atoms with van der Waals surface area (Å²) in [5.41, 5.74) is 3.52. The van der Waals surface area contributed by atoms with Gasteiger partial charge in [-0.05, 0) is 54.0 Å². The van der Waals surface area contributed by atoms with Crippen molar-refractivity contribution in [2.24, 2.45) is 0 Å². The maximum atomic E-state index is 12.7. The van der Waals surface area contributed by atoms with Crippen molar-refractivity contribution in [2.45, 2.75) is 13.5 Å². The molecule has 0 atom stereocenters. The first-order chi connectivity index (χ1) is 14.7. The van der Waals surface area contributed by atoms with E-state index in [1.807, 2.05) is 55.5 Å². The first-order valence-corrected chi connectivity index (χ1v) is 9.81.